The van der Waals surface area contributed by atoms with E-state index >= 15 is 0 Å². The van der Waals surface area contributed by atoms with Gasteiger partial charge in [-0.2, -0.15) is 0 Å². The number of carboxylic acid groups (broad SMARTS) is 1. The maximum absolute atomic E-state index is 10.9. The summed E-state index contributed by atoms with van der Waals surface area (Å²) in [5.74, 6) is -0.805. The Kier molecular flexibility index (Phi) is 2.72. The van der Waals surface area contributed by atoms with E-state index in [4.69, 9.17) is 9.84 Å². The average Bonchev–Trinajstić information content (AvgIpc) is 2.15. The number of ether oxygens (including phenoxy) is 1. The molecule has 1 fully saturated rings. The predicted octanol–water partition coefficient (Wildman–Crippen LogP) is 2.39. The molecule has 1 saturated heterocycles. The fourth-order valence-corrected chi connectivity index (χ4v) is 2.27. The lowest BCUT2D eigenvalue weighted by atomic mass is 9.80. The summed E-state index contributed by atoms with van der Waals surface area (Å²) in [7, 11) is 0. The molecule has 0 bridgehead atoms. The number of aryl methyl sites for hydroxylation is 2. The van der Waals surface area contributed by atoms with Crippen LogP contribution in [0.2, 0.25) is 0 Å². The van der Waals surface area contributed by atoms with Crippen molar-refractivity contribution in [3.63, 3.8) is 0 Å². The largest absolute Gasteiger partial charge is 0.481 e. The SMILES string of the molecule is Cc1ccc(C)c(C2(CC(=O)O)CCO2)c1. The molecule has 0 saturated carbocycles. The van der Waals surface area contributed by atoms with Crippen LogP contribution >= 0.6 is 0 Å². The number of rotatable bonds is 3. The van der Waals surface area contributed by atoms with Crippen LogP contribution in [-0.4, -0.2) is 17.7 Å². The van der Waals surface area contributed by atoms with Crippen LogP contribution in [0, 0.1) is 13.8 Å². The lowest BCUT2D eigenvalue weighted by Gasteiger charge is -2.42. The van der Waals surface area contributed by atoms with Gasteiger partial charge in [0.2, 0.25) is 0 Å². The third kappa shape index (κ3) is 1.83. The van der Waals surface area contributed by atoms with Gasteiger partial charge in [-0.05, 0) is 25.0 Å². The molecule has 0 amide bonds. The zero-order valence-corrected chi connectivity index (χ0v) is 9.62. The highest BCUT2D eigenvalue weighted by Gasteiger charge is 2.43. The quantitative estimate of drug-likeness (QED) is 0.850. The van der Waals surface area contributed by atoms with Crippen LogP contribution in [0.3, 0.4) is 0 Å². The Morgan fingerprint density at radius 3 is 2.69 bits per heavy atom. The third-order valence-electron chi connectivity index (χ3n) is 3.20. The highest BCUT2D eigenvalue weighted by molar-refractivity contribution is 5.69. The van der Waals surface area contributed by atoms with E-state index in [1.807, 2.05) is 32.0 Å². The van der Waals surface area contributed by atoms with E-state index in [1.54, 1.807) is 0 Å². The van der Waals surface area contributed by atoms with E-state index in [-0.39, 0.29) is 6.42 Å². The molecule has 3 nitrogen and oxygen atoms in total. The van der Waals surface area contributed by atoms with Gasteiger partial charge in [0.15, 0.2) is 0 Å². The van der Waals surface area contributed by atoms with E-state index in [0.29, 0.717) is 6.61 Å². The Bertz CT molecular complexity index is 419. The van der Waals surface area contributed by atoms with Gasteiger partial charge in [-0.1, -0.05) is 23.8 Å². The molecule has 0 radical (unpaired) electrons. The van der Waals surface area contributed by atoms with Crippen LogP contribution in [0.1, 0.15) is 29.5 Å². The first-order valence-corrected chi connectivity index (χ1v) is 5.47. The summed E-state index contributed by atoms with van der Waals surface area (Å²) >= 11 is 0. The molecule has 2 rings (SSSR count). The summed E-state index contributed by atoms with van der Waals surface area (Å²) in [5.41, 5.74) is 2.69. The number of carbonyl (C=O) groups is 1. The highest BCUT2D eigenvalue weighted by atomic mass is 16.5. The van der Waals surface area contributed by atoms with Crippen LogP contribution in [0.4, 0.5) is 0 Å². The molecule has 1 aromatic carbocycles. The first-order valence-electron chi connectivity index (χ1n) is 5.47. The Morgan fingerprint density at radius 1 is 1.50 bits per heavy atom. The molecule has 1 unspecified atom stereocenters. The van der Waals surface area contributed by atoms with Crippen molar-refractivity contribution >= 4 is 5.97 Å². The summed E-state index contributed by atoms with van der Waals surface area (Å²) in [6, 6.07) is 6.10. The van der Waals surface area contributed by atoms with Gasteiger partial charge in [0, 0.05) is 6.42 Å². The second kappa shape index (κ2) is 3.91. The predicted molar refractivity (Wildman–Crippen MR) is 60.4 cm³/mol. The van der Waals surface area contributed by atoms with Crippen molar-refractivity contribution in [3.8, 4) is 0 Å². The monoisotopic (exact) mass is 220 g/mol. The number of carboxylic acids is 1. The molecule has 86 valence electrons. The summed E-state index contributed by atoms with van der Waals surface area (Å²) in [4.78, 5) is 10.9. The zero-order chi connectivity index (χ0) is 11.8. The van der Waals surface area contributed by atoms with E-state index in [1.165, 1.54) is 0 Å². The van der Waals surface area contributed by atoms with Gasteiger partial charge in [0.25, 0.3) is 0 Å². The van der Waals surface area contributed by atoms with Crippen LogP contribution in [0.5, 0.6) is 0 Å². The Balaban J connectivity index is 2.39. The molecule has 0 spiro atoms. The Morgan fingerprint density at radius 2 is 2.19 bits per heavy atom. The summed E-state index contributed by atoms with van der Waals surface area (Å²) in [5, 5.41) is 8.96. The number of hydrogen-bond acceptors (Lipinski definition) is 2. The lowest BCUT2D eigenvalue weighted by molar-refractivity contribution is -0.176. The van der Waals surface area contributed by atoms with Crippen LogP contribution in [0.25, 0.3) is 0 Å². The first-order chi connectivity index (χ1) is 7.53. The smallest absolute Gasteiger partial charge is 0.306 e. The zero-order valence-electron chi connectivity index (χ0n) is 9.62. The van der Waals surface area contributed by atoms with Crippen LogP contribution < -0.4 is 0 Å². The maximum atomic E-state index is 10.9. The molecule has 1 aliphatic rings. The molecule has 1 N–H and O–H groups in total. The van der Waals surface area contributed by atoms with Gasteiger partial charge in [0.05, 0.1) is 13.0 Å². The van der Waals surface area contributed by atoms with Gasteiger partial charge in [0.1, 0.15) is 5.60 Å². The molecule has 16 heavy (non-hydrogen) atoms. The van der Waals surface area contributed by atoms with Crippen molar-refractivity contribution in [2.75, 3.05) is 6.61 Å². The fourth-order valence-electron chi connectivity index (χ4n) is 2.27. The highest BCUT2D eigenvalue weighted by Crippen LogP contribution is 2.42. The molecular formula is C13H16O3. The normalized spacial score (nSPS) is 23.9. The molecular weight excluding hydrogens is 204 g/mol. The maximum Gasteiger partial charge on any atom is 0.306 e. The lowest BCUT2D eigenvalue weighted by Crippen LogP contribution is -2.43. The van der Waals surface area contributed by atoms with Gasteiger partial charge < -0.3 is 9.84 Å². The molecule has 0 aromatic heterocycles. The average molecular weight is 220 g/mol. The second-order valence-electron chi connectivity index (χ2n) is 4.48. The van der Waals surface area contributed by atoms with Crippen molar-refractivity contribution in [2.24, 2.45) is 0 Å². The minimum Gasteiger partial charge on any atom is -0.481 e. The van der Waals surface area contributed by atoms with E-state index < -0.39 is 11.6 Å². The van der Waals surface area contributed by atoms with Gasteiger partial charge >= 0.3 is 5.97 Å². The van der Waals surface area contributed by atoms with Crippen LogP contribution in [0.15, 0.2) is 18.2 Å². The topological polar surface area (TPSA) is 46.5 Å². The van der Waals surface area contributed by atoms with Crippen LogP contribution in [-0.2, 0) is 15.1 Å². The minimum absolute atomic E-state index is 0.0529. The molecule has 1 atom stereocenters. The number of hydrogen-bond donors (Lipinski definition) is 1. The fraction of sp³-hybridized carbons (Fsp3) is 0.462. The van der Waals surface area contributed by atoms with Crippen molar-refractivity contribution in [3.05, 3.63) is 34.9 Å². The first kappa shape index (κ1) is 11.1. The van der Waals surface area contributed by atoms with Crippen molar-refractivity contribution < 1.29 is 14.6 Å². The Labute approximate surface area is 95.0 Å². The molecule has 3 heteroatoms. The van der Waals surface area contributed by atoms with Crippen molar-refractivity contribution in [1.29, 1.82) is 0 Å². The summed E-state index contributed by atoms with van der Waals surface area (Å²) < 4.78 is 5.57. The van der Waals surface area contributed by atoms with Gasteiger partial charge in [-0.3, -0.25) is 4.79 Å². The van der Waals surface area contributed by atoms with Gasteiger partial charge in [-0.25, -0.2) is 0 Å². The van der Waals surface area contributed by atoms with Crippen molar-refractivity contribution in [2.45, 2.75) is 32.3 Å². The molecule has 0 aliphatic carbocycles. The summed E-state index contributed by atoms with van der Waals surface area (Å²) in [6.45, 7) is 4.66. The minimum atomic E-state index is -0.805. The van der Waals surface area contributed by atoms with E-state index in [0.717, 1.165) is 23.1 Å². The standard InChI is InChI=1S/C13H16O3/c1-9-3-4-10(2)11(7-9)13(5-6-16-13)8-12(14)15/h3-4,7H,5-6,8H2,1-2H3,(H,14,15). The second-order valence-corrected chi connectivity index (χ2v) is 4.48. The molecule has 1 aromatic rings. The van der Waals surface area contributed by atoms with Crippen molar-refractivity contribution in [1.82, 2.24) is 0 Å². The number of aliphatic carboxylic acids is 1. The third-order valence-corrected chi connectivity index (χ3v) is 3.20. The van der Waals surface area contributed by atoms with E-state index in [9.17, 15) is 4.79 Å². The molecule has 1 aliphatic heterocycles. The molecule has 1 heterocycles. The van der Waals surface area contributed by atoms with Gasteiger partial charge in [-0.15, -0.1) is 0 Å². The van der Waals surface area contributed by atoms with E-state index in [2.05, 4.69) is 0 Å². The summed E-state index contributed by atoms with van der Waals surface area (Å²) in [6.07, 6.45) is 0.848. The Hall–Kier alpha value is -1.35. The number of benzene rings is 1.